The number of piperidine rings is 1. The molecule has 2 aromatic heterocycles. The second kappa shape index (κ2) is 6.78. The number of nitrogens with zero attached hydrogens (tertiary/aromatic N) is 3. The molecule has 0 amide bonds. The Kier molecular flexibility index (Phi) is 4.24. The van der Waals surface area contributed by atoms with Gasteiger partial charge in [0.05, 0.1) is 11.0 Å². The minimum absolute atomic E-state index is 0.295. The molecule has 144 valence electrons. The summed E-state index contributed by atoms with van der Waals surface area (Å²) < 4.78 is 2.32. The first-order valence-corrected chi connectivity index (χ1v) is 10.4. The Morgan fingerprint density at radius 3 is 2.57 bits per heavy atom. The topological polar surface area (TPSA) is 41.3 Å². The van der Waals surface area contributed by atoms with E-state index in [4.69, 9.17) is 4.98 Å². The third-order valence-electron chi connectivity index (χ3n) is 6.40. The highest BCUT2D eigenvalue weighted by molar-refractivity contribution is 6.16. The number of rotatable bonds is 3. The van der Waals surface area contributed by atoms with Crippen LogP contribution in [0.2, 0.25) is 0 Å². The summed E-state index contributed by atoms with van der Waals surface area (Å²) in [6.45, 7) is 8.96. The Morgan fingerprint density at radius 2 is 1.75 bits per heavy atom. The van der Waals surface area contributed by atoms with Crippen molar-refractivity contribution in [1.29, 1.82) is 0 Å². The number of benzene rings is 2. The van der Waals surface area contributed by atoms with Crippen LogP contribution < -0.4 is 0 Å². The van der Waals surface area contributed by atoms with Crippen molar-refractivity contribution in [3.63, 3.8) is 0 Å². The molecular formula is C24H27N3O. The summed E-state index contributed by atoms with van der Waals surface area (Å²) in [7, 11) is 0. The van der Waals surface area contributed by atoms with E-state index >= 15 is 0 Å². The van der Waals surface area contributed by atoms with Crippen molar-refractivity contribution in [3.8, 4) is 5.75 Å². The van der Waals surface area contributed by atoms with Gasteiger partial charge >= 0.3 is 0 Å². The van der Waals surface area contributed by atoms with E-state index in [2.05, 4.69) is 41.8 Å². The van der Waals surface area contributed by atoms with Crippen LogP contribution in [0.25, 0.3) is 32.6 Å². The summed E-state index contributed by atoms with van der Waals surface area (Å²) >= 11 is 0. The fourth-order valence-electron chi connectivity index (χ4n) is 4.78. The molecular weight excluding hydrogens is 346 g/mol. The van der Waals surface area contributed by atoms with Crippen LogP contribution in [-0.2, 0) is 6.54 Å². The maximum absolute atomic E-state index is 9.98. The highest BCUT2D eigenvalue weighted by atomic mass is 16.3. The van der Waals surface area contributed by atoms with E-state index in [1.54, 1.807) is 6.07 Å². The quantitative estimate of drug-likeness (QED) is 0.540. The lowest BCUT2D eigenvalue weighted by atomic mass is 9.97. The van der Waals surface area contributed by atoms with E-state index in [0.717, 1.165) is 29.5 Å². The predicted molar refractivity (Wildman–Crippen MR) is 116 cm³/mol. The average molecular weight is 374 g/mol. The molecule has 28 heavy (non-hydrogen) atoms. The number of fused-ring (bicyclic) bond motifs is 4. The smallest absolute Gasteiger partial charge is 0.116 e. The molecule has 3 heterocycles. The molecule has 1 aliphatic rings. The monoisotopic (exact) mass is 373 g/mol. The molecule has 0 unspecified atom stereocenters. The van der Waals surface area contributed by atoms with Crippen LogP contribution in [-0.4, -0.2) is 39.2 Å². The van der Waals surface area contributed by atoms with Crippen molar-refractivity contribution in [2.75, 3.05) is 19.6 Å². The summed E-state index contributed by atoms with van der Waals surface area (Å²) in [4.78, 5) is 7.44. The van der Waals surface area contributed by atoms with Crippen LogP contribution in [0.1, 0.15) is 30.4 Å². The first-order chi connectivity index (χ1) is 13.6. The zero-order chi connectivity index (χ0) is 19.3. The number of aromatic hydroxyl groups is 1. The standard InChI is InChI=1S/C24H27N3O/c1-16-21-15-27(13-12-26-9-4-3-5-10-26)11-8-19(21)17(2)24-23(16)20-14-18(28)6-7-22(20)25-24/h6-8,11,14-15,28H,3-5,9-10,12-13H2,1-2H3. The maximum Gasteiger partial charge on any atom is 0.116 e. The number of aromatic nitrogens is 2. The summed E-state index contributed by atoms with van der Waals surface area (Å²) in [5.41, 5.74) is 4.47. The van der Waals surface area contributed by atoms with Crippen molar-refractivity contribution in [1.82, 2.24) is 14.5 Å². The largest absolute Gasteiger partial charge is 0.508 e. The van der Waals surface area contributed by atoms with E-state index in [-0.39, 0.29) is 0 Å². The number of phenolic OH excluding ortho intramolecular Hbond substituents is 1. The molecule has 1 N–H and O–H groups in total. The van der Waals surface area contributed by atoms with E-state index in [1.165, 1.54) is 59.6 Å². The summed E-state index contributed by atoms with van der Waals surface area (Å²) in [5.74, 6) is 0.295. The van der Waals surface area contributed by atoms with Gasteiger partial charge in [0.1, 0.15) is 5.75 Å². The predicted octanol–water partition coefficient (Wildman–Crippen LogP) is 5.15. The average Bonchev–Trinajstić information content (AvgIpc) is 3.10. The molecule has 1 saturated heterocycles. The summed E-state index contributed by atoms with van der Waals surface area (Å²) in [6, 6.07) is 7.71. The van der Waals surface area contributed by atoms with Crippen molar-refractivity contribution in [2.24, 2.45) is 0 Å². The molecule has 1 aliphatic heterocycles. The van der Waals surface area contributed by atoms with Crippen LogP contribution in [0, 0.1) is 13.8 Å². The van der Waals surface area contributed by atoms with E-state index in [0.29, 0.717) is 5.75 Å². The van der Waals surface area contributed by atoms with Crippen LogP contribution in [0.4, 0.5) is 0 Å². The Labute approximate surface area is 165 Å². The minimum Gasteiger partial charge on any atom is -0.508 e. The molecule has 4 heteroatoms. The first kappa shape index (κ1) is 17.5. The normalized spacial score (nSPS) is 15.8. The van der Waals surface area contributed by atoms with Gasteiger partial charge in [-0.15, -0.1) is 0 Å². The molecule has 0 aliphatic carbocycles. The molecule has 5 rings (SSSR count). The van der Waals surface area contributed by atoms with E-state index in [9.17, 15) is 5.11 Å². The number of likely N-dealkylation sites (tertiary alicyclic amines) is 1. The van der Waals surface area contributed by atoms with Gasteiger partial charge in [0.2, 0.25) is 0 Å². The van der Waals surface area contributed by atoms with E-state index in [1.807, 2.05) is 12.1 Å². The molecule has 1 fully saturated rings. The third kappa shape index (κ3) is 2.83. The van der Waals surface area contributed by atoms with Crippen molar-refractivity contribution < 1.29 is 5.11 Å². The number of aryl methyl sites for hydroxylation is 2. The zero-order valence-corrected chi connectivity index (χ0v) is 16.7. The molecule has 0 radical (unpaired) electrons. The molecule has 0 bridgehead atoms. The fraction of sp³-hybridized carbons (Fsp3) is 0.375. The maximum atomic E-state index is 9.98. The number of hydrogen-bond donors (Lipinski definition) is 1. The highest BCUT2D eigenvalue weighted by Gasteiger charge is 2.16. The zero-order valence-electron chi connectivity index (χ0n) is 16.7. The van der Waals surface area contributed by atoms with Crippen LogP contribution >= 0.6 is 0 Å². The molecule has 0 spiro atoms. The van der Waals surface area contributed by atoms with Crippen molar-refractivity contribution in [2.45, 2.75) is 39.7 Å². The van der Waals surface area contributed by atoms with Crippen LogP contribution in [0.15, 0.2) is 36.7 Å². The Bertz CT molecular complexity index is 1190. The molecule has 2 aromatic carbocycles. The second-order valence-electron chi connectivity index (χ2n) is 8.20. The molecule has 0 saturated carbocycles. The van der Waals surface area contributed by atoms with Gasteiger partial charge in [-0.05, 0) is 80.6 Å². The van der Waals surface area contributed by atoms with Gasteiger partial charge < -0.3 is 14.6 Å². The number of pyridine rings is 1. The van der Waals surface area contributed by atoms with Gasteiger partial charge in [-0.2, -0.15) is 0 Å². The second-order valence-corrected chi connectivity index (χ2v) is 8.20. The Balaban J connectivity index is 1.61. The Morgan fingerprint density at radius 1 is 0.929 bits per heavy atom. The molecule has 0 atom stereocenters. The fourth-order valence-corrected chi connectivity index (χ4v) is 4.78. The number of hydrogen-bond acceptors (Lipinski definition) is 3. The highest BCUT2D eigenvalue weighted by Crippen LogP contribution is 2.37. The lowest BCUT2D eigenvalue weighted by Crippen LogP contribution is -2.32. The third-order valence-corrected chi connectivity index (χ3v) is 6.40. The van der Waals surface area contributed by atoms with Gasteiger partial charge in [-0.1, -0.05) is 6.42 Å². The van der Waals surface area contributed by atoms with Gasteiger partial charge in [0, 0.05) is 41.6 Å². The summed E-state index contributed by atoms with van der Waals surface area (Å²) in [6.07, 6.45) is 8.55. The van der Waals surface area contributed by atoms with Gasteiger partial charge in [0.15, 0.2) is 0 Å². The van der Waals surface area contributed by atoms with Gasteiger partial charge in [0.25, 0.3) is 0 Å². The number of phenols is 1. The van der Waals surface area contributed by atoms with Gasteiger partial charge in [-0.3, -0.25) is 0 Å². The molecule has 4 nitrogen and oxygen atoms in total. The first-order valence-electron chi connectivity index (χ1n) is 10.4. The Hall–Kier alpha value is -2.59. The van der Waals surface area contributed by atoms with Crippen molar-refractivity contribution >= 4 is 32.6 Å². The van der Waals surface area contributed by atoms with Gasteiger partial charge in [-0.25, -0.2) is 4.98 Å². The van der Waals surface area contributed by atoms with E-state index < -0.39 is 0 Å². The van der Waals surface area contributed by atoms with Crippen molar-refractivity contribution in [3.05, 3.63) is 47.8 Å². The summed E-state index contributed by atoms with van der Waals surface area (Å²) in [5, 5.41) is 14.7. The van der Waals surface area contributed by atoms with Crippen LogP contribution in [0.5, 0.6) is 5.75 Å². The molecule has 4 aromatic rings. The lowest BCUT2D eigenvalue weighted by molar-refractivity contribution is 0.221. The SMILES string of the molecule is Cc1c2ccn(CCN3CCCCC3)cc2c(C)c2c1nc1ccc(O)cc12. The minimum atomic E-state index is 0.295. The van der Waals surface area contributed by atoms with Crippen LogP contribution in [0.3, 0.4) is 0 Å². The lowest BCUT2D eigenvalue weighted by Gasteiger charge is -2.26.